The maximum atomic E-state index is 12.1. The molecular weight excluding hydrogens is 274 g/mol. The molecule has 2 heterocycles. The Balaban J connectivity index is 1.85. The highest BCUT2D eigenvalue weighted by Gasteiger charge is 2.33. The first kappa shape index (κ1) is 13.1. The number of nitrogens with zero attached hydrogens (tertiary/aromatic N) is 1. The number of benzene rings is 2. The van der Waals surface area contributed by atoms with Crippen LogP contribution in [0.3, 0.4) is 0 Å². The van der Waals surface area contributed by atoms with Crippen molar-refractivity contribution >= 4 is 22.6 Å². The lowest BCUT2D eigenvalue weighted by Gasteiger charge is -2.12. The molecule has 0 fully saturated rings. The van der Waals surface area contributed by atoms with Gasteiger partial charge in [-0.05, 0) is 23.6 Å². The summed E-state index contributed by atoms with van der Waals surface area (Å²) in [7, 11) is 0. The summed E-state index contributed by atoms with van der Waals surface area (Å²) >= 11 is 0. The van der Waals surface area contributed by atoms with Crippen molar-refractivity contribution in [2.24, 2.45) is 5.92 Å². The van der Waals surface area contributed by atoms with Crippen LogP contribution in [-0.4, -0.2) is 15.9 Å². The van der Waals surface area contributed by atoms with Crippen molar-refractivity contribution in [2.75, 3.05) is 5.32 Å². The first-order chi connectivity index (χ1) is 10.6. The Labute approximate surface area is 128 Å². The van der Waals surface area contributed by atoms with Crippen LogP contribution in [0.15, 0.2) is 42.5 Å². The Morgan fingerprint density at radius 3 is 2.64 bits per heavy atom. The number of hydrogen-bond donors (Lipinski definition) is 2. The monoisotopic (exact) mass is 291 g/mol. The van der Waals surface area contributed by atoms with Gasteiger partial charge in [-0.2, -0.15) is 0 Å². The van der Waals surface area contributed by atoms with E-state index in [-0.39, 0.29) is 17.7 Å². The van der Waals surface area contributed by atoms with Crippen LogP contribution in [0.5, 0.6) is 0 Å². The number of nitrogens with one attached hydrogen (secondary N) is 2. The van der Waals surface area contributed by atoms with Crippen molar-refractivity contribution < 1.29 is 4.79 Å². The number of anilines is 1. The smallest absolute Gasteiger partial charge is 0.232 e. The normalized spacial score (nSPS) is 17.0. The van der Waals surface area contributed by atoms with Crippen LogP contribution in [0.1, 0.15) is 25.3 Å². The van der Waals surface area contributed by atoms with E-state index in [1.54, 1.807) is 0 Å². The number of carbonyl (C=O) groups excluding carboxylic acids is 1. The second-order valence-electron chi connectivity index (χ2n) is 6.12. The minimum Gasteiger partial charge on any atom is -0.338 e. The van der Waals surface area contributed by atoms with Gasteiger partial charge in [0.2, 0.25) is 5.91 Å². The Hall–Kier alpha value is -2.62. The van der Waals surface area contributed by atoms with Gasteiger partial charge < -0.3 is 10.3 Å². The average molecular weight is 291 g/mol. The van der Waals surface area contributed by atoms with Crippen molar-refractivity contribution in [3.63, 3.8) is 0 Å². The van der Waals surface area contributed by atoms with E-state index in [2.05, 4.69) is 29.1 Å². The lowest BCUT2D eigenvalue weighted by atomic mass is 9.89. The summed E-state index contributed by atoms with van der Waals surface area (Å²) in [4.78, 5) is 20.1. The van der Waals surface area contributed by atoms with E-state index in [9.17, 15) is 4.79 Å². The Morgan fingerprint density at radius 2 is 1.91 bits per heavy atom. The molecule has 0 bridgehead atoms. The van der Waals surface area contributed by atoms with Gasteiger partial charge in [-0.25, -0.2) is 4.98 Å². The van der Waals surface area contributed by atoms with Gasteiger partial charge in [0.15, 0.2) is 0 Å². The summed E-state index contributed by atoms with van der Waals surface area (Å²) < 4.78 is 0. The van der Waals surface area contributed by atoms with E-state index in [4.69, 9.17) is 0 Å². The van der Waals surface area contributed by atoms with E-state index in [0.717, 1.165) is 33.7 Å². The van der Waals surface area contributed by atoms with Gasteiger partial charge in [0.05, 0.1) is 17.0 Å². The molecule has 110 valence electrons. The topological polar surface area (TPSA) is 57.8 Å². The molecule has 0 saturated heterocycles. The number of carbonyl (C=O) groups is 1. The first-order valence-electron chi connectivity index (χ1n) is 7.53. The van der Waals surface area contributed by atoms with Crippen molar-refractivity contribution in [3.05, 3.63) is 48.0 Å². The summed E-state index contributed by atoms with van der Waals surface area (Å²) in [5.74, 6) is 1.12. The van der Waals surface area contributed by atoms with Crippen molar-refractivity contribution in [1.29, 1.82) is 0 Å². The summed E-state index contributed by atoms with van der Waals surface area (Å²) in [5.41, 5.74) is 4.86. The minimum atomic E-state index is -0.0868. The molecule has 2 aromatic carbocycles. The quantitative estimate of drug-likeness (QED) is 0.751. The number of aromatic nitrogens is 2. The number of fused-ring (bicyclic) bond motifs is 2. The van der Waals surface area contributed by atoms with Gasteiger partial charge >= 0.3 is 0 Å². The Kier molecular flexibility index (Phi) is 2.79. The molecule has 1 unspecified atom stereocenters. The number of aromatic amines is 1. The average Bonchev–Trinajstić information content (AvgIpc) is 3.04. The van der Waals surface area contributed by atoms with Crippen LogP contribution >= 0.6 is 0 Å². The highest BCUT2D eigenvalue weighted by atomic mass is 16.2. The Bertz CT molecular complexity index is 865. The molecule has 1 aliphatic heterocycles. The standard InChI is InChI=1S/C18H17N3O/c1-10(2)16-12-8-14-15(9-13(12)21-18(16)22)20-17(19-14)11-6-4-3-5-7-11/h3-10,16H,1-2H3,(H,19,20)(H,21,22). The molecule has 0 aliphatic carbocycles. The van der Waals surface area contributed by atoms with Crippen LogP contribution in [0.25, 0.3) is 22.4 Å². The number of hydrogen-bond acceptors (Lipinski definition) is 2. The lowest BCUT2D eigenvalue weighted by molar-refractivity contribution is -0.117. The van der Waals surface area contributed by atoms with E-state index < -0.39 is 0 Å². The van der Waals surface area contributed by atoms with Gasteiger partial charge in [0.1, 0.15) is 5.82 Å². The van der Waals surface area contributed by atoms with Gasteiger partial charge in [0.25, 0.3) is 0 Å². The van der Waals surface area contributed by atoms with Crippen LogP contribution in [0.4, 0.5) is 5.69 Å². The first-order valence-corrected chi connectivity index (χ1v) is 7.53. The van der Waals surface area contributed by atoms with Crippen molar-refractivity contribution in [1.82, 2.24) is 9.97 Å². The molecule has 4 rings (SSSR count). The predicted octanol–water partition coefficient (Wildman–Crippen LogP) is 3.92. The van der Waals surface area contributed by atoms with Gasteiger partial charge in [-0.3, -0.25) is 4.79 Å². The molecule has 22 heavy (non-hydrogen) atoms. The zero-order valence-electron chi connectivity index (χ0n) is 12.6. The number of amides is 1. The molecule has 1 atom stereocenters. The number of rotatable bonds is 2. The third kappa shape index (κ3) is 1.91. The molecule has 4 nitrogen and oxygen atoms in total. The van der Waals surface area contributed by atoms with Crippen molar-refractivity contribution in [3.8, 4) is 11.4 Å². The number of H-pyrrole nitrogens is 1. The van der Waals surface area contributed by atoms with Gasteiger partial charge in [-0.1, -0.05) is 44.2 Å². The molecule has 1 amide bonds. The molecular formula is C18H17N3O. The van der Waals surface area contributed by atoms with E-state index in [0.29, 0.717) is 0 Å². The van der Waals surface area contributed by atoms with Gasteiger partial charge in [-0.15, -0.1) is 0 Å². The van der Waals surface area contributed by atoms with Crippen LogP contribution in [-0.2, 0) is 4.79 Å². The van der Waals surface area contributed by atoms with E-state index in [1.807, 2.05) is 42.5 Å². The molecule has 0 spiro atoms. The van der Waals surface area contributed by atoms with Crippen molar-refractivity contribution in [2.45, 2.75) is 19.8 Å². The molecule has 1 aliphatic rings. The highest BCUT2D eigenvalue weighted by molar-refractivity contribution is 6.05. The molecule has 3 aromatic rings. The summed E-state index contributed by atoms with van der Waals surface area (Å²) in [6.45, 7) is 4.15. The maximum absolute atomic E-state index is 12.1. The summed E-state index contributed by atoms with van der Waals surface area (Å²) in [6.07, 6.45) is 0. The molecule has 2 N–H and O–H groups in total. The third-order valence-corrected chi connectivity index (χ3v) is 4.24. The summed E-state index contributed by atoms with van der Waals surface area (Å²) in [5, 5.41) is 2.98. The second kappa shape index (κ2) is 4.70. The van der Waals surface area contributed by atoms with Gasteiger partial charge in [0, 0.05) is 11.3 Å². The fraction of sp³-hybridized carbons (Fsp3) is 0.222. The second-order valence-corrected chi connectivity index (χ2v) is 6.12. The maximum Gasteiger partial charge on any atom is 0.232 e. The molecule has 0 saturated carbocycles. The molecule has 4 heteroatoms. The minimum absolute atomic E-state index is 0.0842. The fourth-order valence-corrected chi connectivity index (χ4v) is 3.18. The summed E-state index contributed by atoms with van der Waals surface area (Å²) in [6, 6.07) is 14.1. The third-order valence-electron chi connectivity index (χ3n) is 4.24. The zero-order chi connectivity index (χ0) is 15.3. The van der Waals surface area contributed by atoms with Crippen LogP contribution in [0.2, 0.25) is 0 Å². The zero-order valence-corrected chi connectivity index (χ0v) is 12.6. The molecule has 1 aromatic heterocycles. The van der Waals surface area contributed by atoms with E-state index >= 15 is 0 Å². The van der Waals surface area contributed by atoms with E-state index in [1.165, 1.54) is 0 Å². The van der Waals surface area contributed by atoms with Crippen LogP contribution < -0.4 is 5.32 Å². The SMILES string of the molecule is CC(C)C1C(=O)Nc2cc3[nH]c(-c4ccccc4)nc3cc21. The molecule has 0 radical (unpaired) electrons. The highest BCUT2D eigenvalue weighted by Crippen LogP contribution is 2.39. The Morgan fingerprint density at radius 1 is 1.14 bits per heavy atom. The predicted molar refractivity (Wildman–Crippen MR) is 87.7 cm³/mol. The fourth-order valence-electron chi connectivity index (χ4n) is 3.18. The van der Waals surface area contributed by atoms with Crippen LogP contribution in [0, 0.1) is 5.92 Å². The number of imidazole rings is 1. The lowest BCUT2D eigenvalue weighted by Crippen LogP contribution is -2.16. The largest absolute Gasteiger partial charge is 0.338 e.